The van der Waals surface area contributed by atoms with Crippen LogP contribution in [0.3, 0.4) is 0 Å². The molecule has 0 radical (unpaired) electrons. The first-order valence-corrected chi connectivity index (χ1v) is 7.78. The quantitative estimate of drug-likeness (QED) is 0.895. The van der Waals surface area contributed by atoms with Crippen molar-refractivity contribution in [1.82, 2.24) is 5.32 Å². The van der Waals surface area contributed by atoms with Gasteiger partial charge in [0.15, 0.2) is 6.10 Å². The van der Waals surface area contributed by atoms with E-state index in [-0.39, 0.29) is 12.0 Å². The lowest BCUT2D eigenvalue weighted by atomic mass is 9.95. The molecule has 1 amide bonds. The molecule has 2 aliphatic rings. The molecule has 4 atom stereocenters. The van der Waals surface area contributed by atoms with Crippen LogP contribution in [0.1, 0.15) is 39.0 Å². The first kappa shape index (κ1) is 13.5. The Morgan fingerprint density at radius 2 is 2.10 bits per heavy atom. The van der Waals surface area contributed by atoms with E-state index in [1.54, 1.807) is 0 Å². The number of para-hydroxylation sites is 1. The van der Waals surface area contributed by atoms with Gasteiger partial charge in [0.25, 0.3) is 5.91 Å². The fourth-order valence-electron chi connectivity index (χ4n) is 3.68. The van der Waals surface area contributed by atoms with Crippen LogP contribution in [0.2, 0.25) is 0 Å². The molecule has 1 N–H and O–H groups in total. The second-order valence-corrected chi connectivity index (χ2v) is 6.12. The van der Waals surface area contributed by atoms with E-state index in [0.717, 1.165) is 18.1 Å². The maximum Gasteiger partial charge on any atom is 0.261 e. The van der Waals surface area contributed by atoms with E-state index in [0.29, 0.717) is 18.4 Å². The van der Waals surface area contributed by atoms with Crippen molar-refractivity contribution >= 4 is 5.91 Å². The molecular formula is C17H23NO2. The van der Waals surface area contributed by atoms with Gasteiger partial charge in [0.1, 0.15) is 5.75 Å². The Kier molecular flexibility index (Phi) is 3.95. The summed E-state index contributed by atoms with van der Waals surface area (Å²) in [6.07, 6.45) is 5.43. The van der Waals surface area contributed by atoms with E-state index in [9.17, 15) is 4.79 Å². The summed E-state index contributed by atoms with van der Waals surface area (Å²) in [5, 5.41) is 3.22. The number of rotatable bonds is 5. The summed E-state index contributed by atoms with van der Waals surface area (Å²) >= 11 is 0. The number of amides is 1. The molecule has 3 heteroatoms. The summed E-state index contributed by atoms with van der Waals surface area (Å²) in [5.41, 5.74) is 0. The Labute approximate surface area is 120 Å². The van der Waals surface area contributed by atoms with Gasteiger partial charge in [-0.05, 0) is 49.7 Å². The monoisotopic (exact) mass is 273 g/mol. The highest BCUT2D eigenvalue weighted by Crippen LogP contribution is 2.44. The second-order valence-electron chi connectivity index (χ2n) is 6.12. The van der Waals surface area contributed by atoms with Crippen molar-refractivity contribution in [1.29, 1.82) is 0 Å². The van der Waals surface area contributed by atoms with Gasteiger partial charge in [-0.1, -0.05) is 31.5 Å². The number of carbonyl (C=O) groups excluding carboxylic acids is 1. The van der Waals surface area contributed by atoms with E-state index in [1.807, 2.05) is 37.3 Å². The average Bonchev–Trinajstić information content (AvgIpc) is 3.08. The summed E-state index contributed by atoms with van der Waals surface area (Å²) in [7, 11) is 0. The summed E-state index contributed by atoms with van der Waals surface area (Å²) in [6, 6.07) is 9.98. The second kappa shape index (κ2) is 5.86. The topological polar surface area (TPSA) is 38.3 Å². The fourth-order valence-corrected chi connectivity index (χ4v) is 3.68. The van der Waals surface area contributed by atoms with Crippen LogP contribution in [0.25, 0.3) is 0 Å². The minimum atomic E-state index is -0.378. The maximum atomic E-state index is 12.4. The average molecular weight is 273 g/mol. The smallest absolute Gasteiger partial charge is 0.261 e. The predicted octanol–water partition coefficient (Wildman–Crippen LogP) is 3.15. The standard InChI is InChI=1S/C17H23NO2/c1-2-16(20-14-6-4-3-5-7-14)17(19)18-15-11-12-8-9-13(15)10-12/h3-7,12-13,15-16H,2,8-11H2,1H3,(H,18,19)/t12-,13-,15-,16+/m1/s1. The van der Waals surface area contributed by atoms with E-state index in [1.165, 1.54) is 19.3 Å². The summed E-state index contributed by atoms with van der Waals surface area (Å²) < 4.78 is 5.80. The minimum Gasteiger partial charge on any atom is -0.481 e. The van der Waals surface area contributed by atoms with Gasteiger partial charge >= 0.3 is 0 Å². The fraction of sp³-hybridized carbons (Fsp3) is 0.588. The van der Waals surface area contributed by atoms with Crippen molar-refractivity contribution in [3.63, 3.8) is 0 Å². The van der Waals surface area contributed by atoms with Crippen molar-refractivity contribution < 1.29 is 9.53 Å². The Morgan fingerprint density at radius 1 is 1.30 bits per heavy atom. The molecule has 0 spiro atoms. The van der Waals surface area contributed by atoms with Crippen LogP contribution in [-0.4, -0.2) is 18.1 Å². The van der Waals surface area contributed by atoms with Crippen LogP contribution in [0, 0.1) is 11.8 Å². The third-order valence-corrected chi connectivity index (χ3v) is 4.75. The molecule has 3 nitrogen and oxygen atoms in total. The predicted molar refractivity (Wildman–Crippen MR) is 78.5 cm³/mol. The lowest BCUT2D eigenvalue weighted by molar-refractivity contribution is -0.129. The number of benzene rings is 1. The van der Waals surface area contributed by atoms with Crippen molar-refractivity contribution in [2.75, 3.05) is 0 Å². The molecule has 0 heterocycles. The number of hydrogen-bond donors (Lipinski definition) is 1. The molecule has 108 valence electrons. The highest BCUT2D eigenvalue weighted by Gasteiger charge is 2.40. The van der Waals surface area contributed by atoms with E-state index >= 15 is 0 Å². The lowest BCUT2D eigenvalue weighted by Crippen LogP contribution is -2.45. The maximum absolute atomic E-state index is 12.4. The molecule has 3 rings (SSSR count). The third kappa shape index (κ3) is 2.82. The highest BCUT2D eigenvalue weighted by molar-refractivity contribution is 5.81. The molecule has 1 aromatic carbocycles. The van der Waals surface area contributed by atoms with Gasteiger partial charge in [0.05, 0.1) is 0 Å². The van der Waals surface area contributed by atoms with Crippen LogP contribution in [-0.2, 0) is 4.79 Å². The molecule has 20 heavy (non-hydrogen) atoms. The summed E-state index contributed by atoms with van der Waals surface area (Å²) in [6.45, 7) is 1.99. The number of fused-ring (bicyclic) bond motifs is 2. The first-order chi connectivity index (χ1) is 9.76. The molecule has 2 aliphatic carbocycles. The minimum absolute atomic E-state index is 0.0499. The van der Waals surface area contributed by atoms with Crippen LogP contribution < -0.4 is 10.1 Å². The number of ether oxygens (including phenoxy) is 1. The molecular weight excluding hydrogens is 250 g/mol. The van der Waals surface area contributed by atoms with E-state index < -0.39 is 0 Å². The molecule has 0 aromatic heterocycles. The molecule has 0 saturated heterocycles. The van der Waals surface area contributed by atoms with Crippen molar-refractivity contribution in [3.05, 3.63) is 30.3 Å². The number of carbonyl (C=O) groups is 1. The van der Waals surface area contributed by atoms with Gasteiger partial charge in [-0.2, -0.15) is 0 Å². The molecule has 2 fully saturated rings. The van der Waals surface area contributed by atoms with Crippen LogP contribution in [0.5, 0.6) is 5.75 Å². The van der Waals surface area contributed by atoms with E-state index in [2.05, 4.69) is 5.32 Å². The first-order valence-electron chi connectivity index (χ1n) is 7.78. The Balaban J connectivity index is 1.57. The Hall–Kier alpha value is -1.51. The zero-order valence-electron chi connectivity index (χ0n) is 12.0. The van der Waals surface area contributed by atoms with Crippen LogP contribution >= 0.6 is 0 Å². The lowest BCUT2D eigenvalue weighted by Gasteiger charge is -2.25. The summed E-state index contributed by atoms with van der Waals surface area (Å²) in [4.78, 5) is 12.4. The van der Waals surface area contributed by atoms with Crippen molar-refractivity contribution in [3.8, 4) is 5.75 Å². The number of nitrogens with one attached hydrogen (secondary N) is 1. The van der Waals surface area contributed by atoms with Crippen molar-refractivity contribution in [2.45, 2.75) is 51.2 Å². The van der Waals surface area contributed by atoms with Crippen molar-refractivity contribution in [2.24, 2.45) is 11.8 Å². The Morgan fingerprint density at radius 3 is 2.70 bits per heavy atom. The van der Waals surface area contributed by atoms with Gasteiger partial charge in [0.2, 0.25) is 0 Å². The van der Waals surface area contributed by atoms with Gasteiger partial charge in [-0.25, -0.2) is 0 Å². The van der Waals surface area contributed by atoms with Gasteiger partial charge in [-0.15, -0.1) is 0 Å². The molecule has 0 aliphatic heterocycles. The Bertz CT molecular complexity index is 459. The summed E-state index contributed by atoms with van der Waals surface area (Å²) in [5.74, 6) is 2.37. The van der Waals surface area contributed by atoms with Gasteiger partial charge in [-0.3, -0.25) is 4.79 Å². The normalized spacial score (nSPS) is 29.1. The molecule has 1 aromatic rings. The molecule has 0 unspecified atom stereocenters. The van der Waals surface area contributed by atoms with Crippen LogP contribution in [0.4, 0.5) is 0 Å². The van der Waals surface area contributed by atoms with Gasteiger partial charge in [0, 0.05) is 6.04 Å². The highest BCUT2D eigenvalue weighted by atomic mass is 16.5. The van der Waals surface area contributed by atoms with E-state index in [4.69, 9.17) is 4.74 Å². The third-order valence-electron chi connectivity index (χ3n) is 4.75. The zero-order chi connectivity index (χ0) is 13.9. The van der Waals surface area contributed by atoms with Gasteiger partial charge < -0.3 is 10.1 Å². The molecule has 2 saturated carbocycles. The SMILES string of the molecule is CC[C@H](Oc1ccccc1)C(=O)N[C@@H]1C[C@@H]2CC[C@@H]1C2. The largest absolute Gasteiger partial charge is 0.481 e. The number of hydrogen-bond acceptors (Lipinski definition) is 2. The molecule has 2 bridgehead atoms. The van der Waals surface area contributed by atoms with Crippen LogP contribution in [0.15, 0.2) is 30.3 Å². The zero-order valence-corrected chi connectivity index (χ0v) is 12.0.